The number of nitro groups is 1. The molecule has 3 rings (SSSR count). The predicted octanol–water partition coefficient (Wildman–Crippen LogP) is 3.43. The van der Waals surface area contributed by atoms with E-state index in [0.29, 0.717) is 10.9 Å². The zero-order valence-corrected chi connectivity index (χ0v) is 16.7. The van der Waals surface area contributed by atoms with Crippen LogP contribution in [0.4, 0.5) is 18.9 Å². The van der Waals surface area contributed by atoms with Crippen LogP contribution in [0.1, 0.15) is 23.1 Å². The molecule has 0 aliphatic rings. The smallest absolute Gasteiger partial charge is 0.422 e. The molecule has 1 heterocycles. The summed E-state index contributed by atoms with van der Waals surface area (Å²) in [4.78, 5) is 43.9. The molecule has 0 bridgehead atoms. The maximum atomic E-state index is 13.0. The number of nitrogens with zero attached hydrogens (tertiary/aromatic N) is 3. The van der Waals surface area contributed by atoms with Gasteiger partial charge in [-0.25, -0.2) is 4.98 Å². The molecule has 0 saturated heterocycles. The highest BCUT2D eigenvalue weighted by Crippen LogP contribution is 2.27. The van der Waals surface area contributed by atoms with Gasteiger partial charge in [-0.3, -0.25) is 19.7 Å². The Balaban J connectivity index is 1.93. The molecule has 0 aliphatic heterocycles. The van der Waals surface area contributed by atoms with Crippen molar-refractivity contribution < 1.29 is 27.6 Å². The number of halogens is 3. The van der Waals surface area contributed by atoms with Crippen molar-refractivity contribution in [1.29, 1.82) is 0 Å². The van der Waals surface area contributed by atoms with Gasteiger partial charge in [-0.2, -0.15) is 13.2 Å². The number of carbonyl (C=O) groups is 1. The predicted molar refractivity (Wildman–Crippen MR) is 107 cm³/mol. The number of fused-ring (bicyclic) bond motifs is 1. The van der Waals surface area contributed by atoms with Gasteiger partial charge in [0.25, 0.3) is 17.2 Å². The van der Waals surface area contributed by atoms with E-state index in [1.165, 1.54) is 4.90 Å². The van der Waals surface area contributed by atoms with E-state index in [-0.39, 0.29) is 24.7 Å². The normalized spacial score (nSPS) is 11.4. The summed E-state index contributed by atoms with van der Waals surface area (Å²) < 4.78 is 41.9. The van der Waals surface area contributed by atoms with Crippen LogP contribution in [-0.4, -0.2) is 45.0 Å². The lowest BCUT2D eigenvalue weighted by Gasteiger charge is -2.21. The average Bonchev–Trinajstić information content (AvgIpc) is 2.75. The van der Waals surface area contributed by atoms with E-state index >= 15 is 0 Å². The van der Waals surface area contributed by atoms with E-state index in [4.69, 9.17) is 0 Å². The maximum Gasteiger partial charge on any atom is 0.422 e. The second kappa shape index (κ2) is 9.04. The number of amides is 1. The third-order valence-corrected chi connectivity index (χ3v) is 4.47. The lowest BCUT2D eigenvalue weighted by atomic mass is 10.1. The Morgan fingerprint density at radius 1 is 1.25 bits per heavy atom. The number of para-hydroxylation sites is 1. The van der Waals surface area contributed by atoms with Crippen LogP contribution in [0.2, 0.25) is 0 Å². The summed E-state index contributed by atoms with van der Waals surface area (Å²) in [6.07, 6.45) is -4.62. The van der Waals surface area contributed by atoms with Crippen molar-refractivity contribution in [3.8, 4) is 5.75 Å². The zero-order valence-electron chi connectivity index (χ0n) is 16.7. The van der Waals surface area contributed by atoms with Crippen LogP contribution in [0.25, 0.3) is 10.9 Å². The third kappa shape index (κ3) is 5.20. The summed E-state index contributed by atoms with van der Waals surface area (Å²) in [6.45, 7) is -0.106. The molecule has 0 aliphatic carbocycles. The number of carbonyl (C=O) groups excluding carboxylic acids is 1. The molecule has 0 spiro atoms. The summed E-state index contributed by atoms with van der Waals surface area (Å²) in [5.74, 6) is -1.02. The van der Waals surface area contributed by atoms with Crippen LogP contribution in [0.5, 0.6) is 5.75 Å². The standard InChI is InChI=1S/C20H17F3N4O5/c1-2-26(10-17-24-15-6-4-3-5-13(15)18(28)25-17)19(29)14-9-12(32-11-20(21,22)23)7-8-16(14)27(30)31/h3-9H,2,10-11H2,1H3,(H,24,25,28). The van der Waals surface area contributed by atoms with E-state index in [1.54, 1.807) is 31.2 Å². The molecule has 1 amide bonds. The highest BCUT2D eigenvalue weighted by molar-refractivity contribution is 5.98. The van der Waals surface area contributed by atoms with Gasteiger partial charge >= 0.3 is 6.18 Å². The number of nitrogens with one attached hydrogen (secondary N) is 1. The fourth-order valence-electron chi connectivity index (χ4n) is 2.99. The van der Waals surface area contributed by atoms with Gasteiger partial charge in [0.1, 0.15) is 17.1 Å². The average molecular weight is 450 g/mol. The Morgan fingerprint density at radius 3 is 2.62 bits per heavy atom. The molecule has 12 heteroatoms. The van der Waals surface area contributed by atoms with Crippen LogP contribution >= 0.6 is 0 Å². The monoisotopic (exact) mass is 450 g/mol. The van der Waals surface area contributed by atoms with E-state index < -0.39 is 40.4 Å². The number of aromatic amines is 1. The summed E-state index contributed by atoms with van der Waals surface area (Å²) in [6, 6.07) is 9.36. The Bertz CT molecular complexity index is 1230. The Kier molecular flexibility index (Phi) is 6.42. The van der Waals surface area contributed by atoms with Crippen LogP contribution in [0.15, 0.2) is 47.3 Å². The van der Waals surface area contributed by atoms with Gasteiger partial charge in [0, 0.05) is 12.6 Å². The van der Waals surface area contributed by atoms with Crippen molar-refractivity contribution in [3.63, 3.8) is 0 Å². The molecule has 1 N–H and O–H groups in total. The second-order valence-electron chi connectivity index (χ2n) is 6.69. The molecule has 3 aromatic rings. The lowest BCUT2D eigenvalue weighted by molar-refractivity contribution is -0.385. The molecule has 9 nitrogen and oxygen atoms in total. The molecule has 168 valence electrons. The van der Waals surface area contributed by atoms with Crippen LogP contribution in [0, 0.1) is 10.1 Å². The summed E-state index contributed by atoms with van der Waals surface area (Å²) in [5, 5.41) is 11.7. The minimum atomic E-state index is -4.62. The van der Waals surface area contributed by atoms with Crippen molar-refractivity contribution in [3.05, 3.63) is 74.3 Å². The largest absolute Gasteiger partial charge is 0.484 e. The Morgan fingerprint density at radius 2 is 1.97 bits per heavy atom. The quantitative estimate of drug-likeness (QED) is 0.435. The number of hydrogen-bond acceptors (Lipinski definition) is 6. The van der Waals surface area contributed by atoms with Gasteiger partial charge in [-0.1, -0.05) is 12.1 Å². The van der Waals surface area contributed by atoms with Gasteiger partial charge in [0.05, 0.1) is 22.4 Å². The molecular formula is C20H17F3N4O5. The van der Waals surface area contributed by atoms with Gasteiger partial charge in [-0.05, 0) is 31.2 Å². The molecule has 0 atom stereocenters. The topological polar surface area (TPSA) is 118 Å². The first-order chi connectivity index (χ1) is 15.1. The summed E-state index contributed by atoms with van der Waals surface area (Å²) >= 11 is 0. The maximum absolute atomic E-state index is 13.0. The molecule has 0 unspecified atom stereocenters. The van der Waals surface area contributed by atoms with Crippen molar-refractivity contribution >= 4 is 22.5 Å². The van der Waals surface area contributed by atoms with Gasteiger partial charge < -0.3 is 14.6 Å². The molecule has 32 heavy (non-hydrogen) atoms. The second-order valence-corrected chi connectivity index (χ2v) is 6.69. The molecule has 2 aromatic carbocycles. The number of H-pyrrole nitrogens is 1. The molecule has 0 fully saturated rings. The van der Waals surface area contributed by atoms with Crippen LogP contribution < -0.4 is 10.3 Å². The number of aromatic nitrogens is 2. The molecular weight excluding hydrogens is 433 g/mol. The number of rotatable bonds is 7. The van der Waals surface area contributed by atoms with Crippen molar-refractivity contribution in [2.45, 2.75) is 19.6 Å². The zero-order chi connectivity index (χ0) is 23.5. The van der Waals surface area contributed by atoms with Crippen molar-refractivity contribution in [2.75, 3.05) is 13.2 Å². The minimum Gasteiger partial charge on any atom is -0.484 e. The third-order valence-electron chi connectivity index (χ3n) is 4.47. The molecule has 0 radical (unpaired) electrons. The number of hydrogen-bond donors (Lipinski definition) is 1. The summed E-state index contributed by atoms with van der Waals surface area (Å²) in [7, 11) is 0. The van der Waals surface area contributed by atoms with Gasteiger partial charge in [0.15, 0.2) is 6.61 Å². The van der Waals surface area contributed by atoms with Crippen molar-refractivity contribution in [2.24, 2.45) is 0 Å². The minimum absolute atomic E-state index is 0.0835. The highest BCUT2D eigenvalue weighted by atomic mass is 19.4. The number of nitro benzene ring substituents is 1. The Hall–Kier alpha value is -3.96. The molecule has 1 aromatic heterocycles. The fourth-order valence-corrected chi connectivity index (χ4v) is 2.99. The Labute approximate surface area is 178 Å². The first-order valence-electron chi connectivity index (χ1n) is 9.34. The fraction of sp³-hybridized carbons (Fsp3) is 0.250. The SMILES string of the molecule is CCN(Cc1nc2ccccc2c(=O)[nH]1)C(=O)c1cc(OCC(F)(F)F)ccc1[N+](=O)[O-]. The van der Waals surface area contributed by atoms with Gasteiger partial charge in [0.2, 0.25) is 0 Å². The molecule has 0 saturated carbocycles. The van der Waals surface area contributed by atoms with Crippen LogP contribution in [-0.2, 0) is 6.54 Å². The highest BCUT2D eigenvalue weighted by Gasteiger charge is 2.30. The number of benzene rings is 2. The van der Waals surface area contributed by atoms with E-state index in [9.17, 15) is 32.9 Å². The number of ether oxygens (including phenoxy) is 1. The first kappa shape index (κ1) is 22.7. The van der Waals surface area contributed by atoms with E-state index in [2.05, 4.69) is 14.7 Å². The van der Waals surface area contributed by atoms with E-state index in [1.807, 2.05) is 0 Å². The number of alkyl halides is 3. The van der Waals surface area contributed by atoms with Gasteiger partial charge in [-0.15, -0.1) is 0 Å². The van der Waals surface area contributed by atoms with Crippen LogP contribution in [0.3, 0.4) is 0 Å². The summed E-state index contributed by atoms with van der Waals surface area (Å²) in [5.41, 5.74) is -1.04. The van der Waals surface area contributed by atoms with E-state index in [0.717, 1.165) is 18.2 Å². The lowest BCUT2D eigenvalue weighted by Crippen LogP contribution is -2.32. The first-order valence-corrected chi connectivity index (χ1v) is 9.34. The van der Waals surface area contributed by atoms with Crippen molar-refractivity contribution in [1.82, 2.24) is 14.9 Å².